The Balaban J connectivity index is 2.74. The first-order chi connectivity index (χ1) is 8.70. The fourth-order valence-electron chi connectivity index (χ4n) is 1.59. The molecule has 0 fully saturated rings. The van der Waals surface area contributed by atoms with Crippen molar-refractivity contribution in [1.29, 1.82) is 0 Å². The predicted molar refractivity (Wildman–Crippen MR) is 69.7 cm³/mol. The van der Waals surface area contributed by atoms with Gasteiger partial charge in [0, 0.05) is 25.4 Å². The van der Waals surface area contributed by atoms with Crippen LogP contribution in [-0.4, -0.2) is 28.9 Å². The third kappa shape index (κ3) is 4.12. The van der Waals surface area contributed by atoms with Gasteiger partial charge in [-0.25, -0.2) is 4.79 Å². The van der Waals surface area contributed by atoms with Crippen molar-refractivity contribution in [3.8, 4) is 0 Å². The average Bonchev–Trinajstić information content (AvgIpc) is 2.37. The molecule has 0 radical (unpaired) electrons. The minimum Gasteiger partial charge on any atom is -0.380 e. The van der Waals surface area contributed by atoms with E-state index in [2.05, 4.69) is 0 Å². The molecule has 0 unspecified atom stereocenters. The second-order valence-corrected chi connectivity index (χ2v) is 4.04. The summed E-state index contributed by atoms with van der Waals surface area (Å²) in [5.74, 6) is 0. The van der Waals surface area contributed by atoms with Gasteiger partial charge in [0.15, 0.2) is 0 Å². The minimum absolute atomic E-state index is 0.279. The Labute approximate surface area is 106 Å². The molecule has 6 heteroatoms. The predicted octanol–water partition coefficient (Wildman–Crippen LogP) is -0.215. The number of nitrogens with two attached hydrogens (primary N) is 1. The van der Waals surface area contributed by atoms with Crippen molar-refractivity contribution in [3.05, 3.63) is 33.1 Å². The van der Waals surface area contributed by atoms with Gasteiger partial charge in [0.2, 0.25) is 0 Å². The SMILES string of the molecule is CCCOCCn1ccc(=O)n(CCCN)c1=O. The van der Waals surface area contributed by atoms with Crippen molar-refractivity contribution in [3.63, 3.8) is 0 Å². The molecule has 1 heterocycles. The van der Waals surface area contributed by atoms with Crippen LogP contribution < -0.4 is 17.0 Å². The van der Waals surface area contributed by atoms with Crippen LogP contribution in [0.15, 0.2) is 21.9 Å². The van der Waals surface area contributed by atoms with E-state index in [4.69, 9.17) is 10.5 Å². The smallest absolute Gasteiger partial charge is 0.331 e. The van der Waals surface area contributed by atoms with E-state index >= 15 is 0 Å². The van der Waals surface area contributed by atoms with E-state index < -0.39 is 0 Å². The van der Waals surface area contributed by atoms with Crippen molar-refractivity contribution in [2.75, 3.05) is 19.8 Å². The van der Waals surface area contributed by atoms with Gasteiger partial charge in [-0.1, -0.05) is 6.92 Å². The number of rotatable bonds is 8. The summed E-state index contributed by atoms with van der Waals surface area (Å²) in [6, 6.07) is 1.40. The van der Waals surface area contributed by atoms with Gasteiger partial charge in [0.1, 0.15) is 0 Å². The topological polar surface area (TPSA) is 79.2 Å². The highest BCUT2D eigenvalue weighted by Crippen LogP contribution is 1.85. The molecule has 0 saturated carbocycles. The Kier molecular flexibility index (Phi) is 6.38. The fourth-order valence-corrected chi connectivity index (χ4v) is 1.59. The molecule has 18 heavy (non-hydrogen) atoms. The van der Waals surface area contributed by atoms with E-state index in [1.165, 1.54) is 21.4 Å². The molecule has 2 N–H and O–H groups in total. The molecular weight excluding hydrogens is 234 g/mol. The summed E-state index contributed by atoms with van der Waals surface area (Å²) < 4.78 is 8.03. The highest BCUT2D eigenvalue weighted by molar-refractivity contribution is 4.86. The van der Waals surface area contributed by atoms with E-state index in [1.807, 2.05) is 6.92 Å². The van der Waals surface area contributed by atoms with Crippen LogP contribution in [0.1, 0.15) is 19.8 Å². The zero-order valence-corrected chi connectivity index (χ0v) is 10.8. The van der Waals surface area contributed by atoms with Crippen LogP contribution in [0.4, 0.5) is 0 Å². The summed E-state index contributed by atoms with van der Waals surface area (Å²) >= 11 is 0. The second kappa shape index (κ2) is 7.84. The lowest BCUT2D eigenvalue weighted by Gasteiger charge is -2.09. The lowest BCUT2D eigenvalue weighted by Crippen LogP contribution is -2.39. The van der Waals surface area contributed by atoms with Gasteiger partial charge in [-0.05, 0) is 19.4 Å². The number of nitrogens with zero attached hydrogens (tertiary/aromatic N) is 2. The van der Waals surface area contributed by atoms with Gasteiger partial charge in [0.05, 0.1) is 13.2 Å². The van der Waals surface area contributed by atoms with Crippen molar-refractivity contribution >= 4 is 0 Å². The first-order valence-electron chi connectivity index (χ1n) is 6.28. The molecule has 0 aliphatic heterocycles. The summed E-state index contributed by atoms with van der Waals surface area (Å²) in [5.41, 5.74) is 4.81. The molecular formula is C12H21N3O3. The minimum atomic E-state index is -0.295. The quantitative estimate of drug-likeness (QED) is 0.652. The molecule has 1 aromatic rings. The van der Waals surface area contributed by atoms with Crippen LogP contribution in [0.3, 0.4) is 0 Å². The van der Waals surface area contributed by atoms with Gasteiger partial charge < -0.3 is 10.5 Å². The number of aromatic nitrogens is 2. The van der Waals surface area contributed by atoms with E-state index in [1.54, 1.807) is 0 Å². The first kappa shape index (κ1) is 14.7. The van der Waals surface area contributed by atoms with E-state index in [0.717, 1.165) is 6.42 Å². The molecule has 1 aromatic heterocycles. The van der Waals surface area contributed by atoms with Gasteiger partial charge in [-0.15, -0.1) is 0 Å². The third-order valence-electron chi connectivity index (χ3n) is 2.55. The van der Waals surface area contributed by atoms with Gasteiger partial charge in [0.25, 0.3) is 5.56 Å². The summed E-state index contributed by atoms with van der Waals surface area (Å²) in [5, 5.41) is 0. The van der Waals surface area contributed by atoms with Crippen molar-refractivity contribution < 1.29 is 4.74 Å². The summed E-state index contributed by atoms with van der Waals surface area (Å²) in [7, 11) is 0. The van der Waals surface area contributed by atoms with Crippen LogP contribution in [-0.2, 0) is 17.8 Å². The van der Waals surface area contributed by atoms with Crippen LogP contribution >= 0.6 is 0 Å². The molecule has 0 aliphatic carbocycles. The molecule has 0 spiro atoms. The number of hydrogen-bond donors (Lipinski definition) is 1. The molecule has 0 bridgehead atoms. The maximum Gasteiger partial charge on any atom is 0.331 e. The molecule has 0 amide bonds. The average molecular weight is 255 g/mol. The van der Waals surface area contributed by atoms with Gasteiger partial charge >= 0.3 is 5.69 Å². The molecule has 6 nitrogen and oxygen atoms in total. The third-order valence-corrected chi connectivity index (χ3v) is 2.55. The first-order valence-corrected chi connectivity index (χ1v) is 6.28. The van der Waals surface area contributed by atoms with Crippen LogP contribution in [0.5, 0.6) is 0 Å². The largest absolute Gasteiger partial charge is 0.380 e. The normalized spacial score (nSPS) is 10.8. The maximum absolute atomic E-state index is 12.0. The Morgan fingerprint density at radius 1 is 1.28 bits per heavy atom. The van der Waals surface area contributed by atoms with E-state index in [9.17, 15) is 9.59 Å². The zero-order valence-electron chi connectivity index (χ0n) is 10.8. The van der Waals surface area contributed by atoms with E-state index in [0.29, 0.717) is 39.3 Å². The van der Waals surface area contributed by atoms with Crippen molar-refractivity contribution in [2.24, 2.45) is 5.73 Å². The van der Waals surface area contributed by atoms with Gasteiger partial charge in [-0.2, -0.15) is 0 Å². The molecule has 102 valence electrons. The highest BCUT2D eigenvalue weighted by atomic mass is 16.5. The molecule has 0 aromatic carbocycles. The summed E-state index contributed by atoms with van der Waals surface area (Å²) in [6.07, 6.45) is 3.08. The second-order valence-electron chi connectivity index (χ2n) is 4.04. The Morgan fingerprint density at radius 2 is 2.06 bits per heavy atom. The Hall–Kier alpha value is -1.40. The highest BCUT2D eigenvalue weighted by Gasteiger charge is 2.04. The number of hydrogen-bond acceptors (Lipinski definition) is 4. The standard InChI is InChI=1S/C12H21N3O3/c1-2-9-18-10-8-14-7-4-11(16)15(12(14)17)6-3-5-13/h4,7H,2-3,5-6,8-10,13H2,1H3. The van der Waals surface area contributed by atoms with Gasteiger partial charge in [-0.3, -0.25) is 13.9 Å². The molecule has 0 atom stereocenters. The molecule has 0 aliphatic rings. The monoisotopic (exact) mass is 255 g/mol. The number of ether oxygens (including phenoxy) is 1. The van der Waals surface area contributed by atoms with Crippen LogP contribution in [0, 0.1) is 0 Å². The van der Waals surface area contributed by atoms with Crippen LogP contribution in [0.25, 0.3) is 0 Å². The fraction of sp³-hybridized carbons (Fsp3) is 0.667. The molecule has 0 saturated heterocycles. The lowest BCUT2D eigenvalue weighted by molar-refractivity contribution is 0.125. The van der Waals surface area contributed by atoms with E-state index in [-0.39, 0.29) is 11.2 Å². The zero-order chi connectivity index (χ0) is 13.4. The van der Waals surface area contributed by atoms with Crippen molar-refractivity contribution in [2.45, 2.75) is 32.9 Å². The van der Waals surface area contributed by atoms with Crippen molar-refractivity contribution in [1.82, 2.24) is 9.13 Å². The van der Waals surface area contributed by atoms with Crippen LogP contribution in [0.2, 0.25) is 0 Å². The maximum atomic E-state index is 12.0. The Morgan fingerprint density at radius 3 is 2.72 bits per heavy atom. The summed E-state index contributed by atoms with van der Waals surface area (Å²) in [6.45, 7) is 4.47. The summed E-state index contributed by atoms with van der Waals surface area (Å²) in [4.78, 5) is 23.5. The lowest BCUT2D eigenvalue weighted by atomic mass is 10.4. The Bertz CT molecular complexity index is 464. The molecule has 1 rings (SSSR count).